The van der Waals surface area contributed by atoms with Gasteiger partial charge in [0, 0.05) is 19.1 Å². The highest BCUT2D eigenvalue weighted by Gasteiger charge is 2.18. The smallest absolute Gasteiger partial charge is 0.238 e. The van der Waals surface area contributed by atoms with Crippen LogP contribution in [0.15, 0.2) is 29.2 Å². The molecule has 1 heterocycles. The molecule has 6 nitrogen and oxygen atoms in total. The fourth-order valence-electron chi connectivity index (χ4n) is 2.23. The number of primary sulfonamides is 1. The van der Waals surface area contributed by atoms with Gasteiger partial charge in [-0.05, 0) is 44.3 Å². The normalized spacial score (nSPS) is 19.4. The Morgan fingerprint density at radius 3 is 2.65 bits per heavy atom. The van der Waals surface area contributed by atoms with Gasteiger partial charge in [-0.3, -0.25) is 4.90 Å². The van der Waals surface area contributed by atoms with Crippen molar-refractivity contribution in [2.75, 3.05) is 33.3 Å². The maximum atomic E-state index is 11.1. The van der Waals surface area contributed by atoms with Crippen molar-refractivity contribution in [2.45, 2.75) is 17.4 Å². The van der Waals surface area contributed by atoms with Crippen molar-refractivity contribution in [3.05, 3.63) is 24.3 Å². The Morgan fingerprint density at radius 2 is 2.10 bits per heavy atom. The summed E-state index contributed by atoms with van der Waals surface area (Å²) < 4.78 is 27.8. The van der Waals surface area contributed by atoms with E-state index in [0.717, 1.165) is 19.6 Å². The highest BCUT2D eigenvalue weighted by atomic mass is 32.2. The van der Waals surface area contributed by atoms with Crippen LogP contribution in [0.5, 0.6) is 5.75 Å². The number of sulfonamides is 1. The molecule has 0 aromatic heterocycles. The van der Waals surface area contributed by atoms with Crippen LogP contribution in [0.25, 0.3) is 0 Å². The second-order valence-corrected chi connectivity index (χ2v) is 6.55. The molecule has 0 spiro atoms. The Balaban J connectivity index is 1.79. The molecule has 112 valence electrons. The van der Waals surface area contributed by atoms with Crippen molar-refractivity contribution in [1.82, 2.24) is 10.2 Å². The van der Waals surface area contributed by atoms with Gasteiger partial charge in [-0.1, -0.05) is 0 Å². The molecule has 0 amide bonds. The molecule has 0 bridgehead atoms. The van der Waals surface area contributed by atoms with Crippen LogP contribution in [0.2, 0.25) is 0 Å². The molecule has 1 unspecified atom stereocenters. The maximum absolute atomic E-state index is 11.1. The number of likely N-dealkylation sites (N-methyl/N-ethyl adjacent to an activating group) is 1. The fraction of sp³-hybridized carbons (Fsp3) is 0.538. The summed E-state index contributed by atoms with van der Waals surface area (Å²) in [5.41, 5.74) is 0. The third-order valence-electron chi connectivity index (χ3n) is 3.52. The monoisotopic (exact) mass is 299 g/mol. The highest BCUT2D eigenvalue weighted by molar-refractivity contribution is 7.89. The first-order chi connectivity index (χ1) is 9.47. The summed E-state index contributed by atoms with van der Waals surface area (Å²) in [5.74, 6) is 0.648. The van der Waals surface area contributed by atoms with Gasteiger partial charge in [0.25, 0.3) is 0 Å². The van der Waals surface area contributed by atoms with Crippen LogP contribution >= 0.6 is 0 Å². The molecule has 1 saturated heterocycles. The molecular formula is C13H21N3O3S. The van der Waals surface area contributed by atoms with Gasteiger partial charge in [0.05, 0.1) is 4.90 Å². The number of ether oxygens (including phenoxy) is 1. The number of rotatable bonds is 6. The lowest BCUT2D eigenvalue weighted by Crippen LogP contribution is -2.36. The Kier molecular flexibility index (Phi) is 4.98. The summed E-state index contributed by atoms with van der Waals surface area (Å²) in [7, 11) is -1.55. The standard InChI is InChI=1S/C13H21N3O3S/c1-16(11-6-7-15-10-11)8-9-19-12-2-4-13(5-3-12)20(14,17)18/h2-5,11,15H,6-10H2,1H3,(H2,14,17,18). The van der Waals surface area contributed by atoms with Gasteiger partial charge < -0.3 is 10.1 Å². The molecule has 1 atom stereocenters. The van der Waals surface area contributed by atoms with E-state index in [0.29, 0.717) is 18.4 Å². The van der Waals surface area contributed by atoms with E-state index in [9.17, 15) is 8.42 Å². The second-order valence-electron chi connectivity index (χ2n) is 4.99. The number of nitrogens with two attached hydrogens (primary N) is 1. The summed E-state index contributed by atoms with van der Waals surface area (Å²) in [5, 5.41) is 8.37. The van der Waals surface area contributed by atoms with Crippen LogP contribution < -0.4 is 15.2 Å². The SMILES string of the molecule is CN(CCOc1ccc(S(N)(=O)=O)cc1)C1CCNC1. The zero-order chi connectivity index (χ0) is 14.6. The molecule has 1 aliphatic rings. The molecule has 0 aliphatic carbocycles. The van der Waals surface area contributed by atoms with Gasteiger partial charge >= 0.3 is 0 Å². The van der Waals surface area contributed by atoms with Crippen molar-refractivity contribution in [2.24, 2.45) is 5.14 Å². The van der Waals surface area contributed by atoms with Crippen LogP contribution in [0.4, 0.5) is 0 Å². The zero-order valence-corrected chi connectivity index (χ0v) is 12.4. The van der Waals surface area contributed by atoms with E-state index < -0.39 is 10.0 Å². The van der Waals surface area contributed by atoms with Crippen molar-refractivity contribution in [3.8, 4) is 5.75 Å². The van der Waals surface area contributed by atoms with E-state index in [1.165, 1.54) is 18.6 Å². The lowest BCUT2D eigenvalue weighted by molar-refractivity contribution is 0.199. The van der Waals surface area contributed by atoms with Crippen LogP contribution in [-0.2, 0) is 10.0 Å². The van der Waals surface area contributed by atoms with E-state index in [-0.39, 0.29) is 4.90 Å². The fourth-order valence-corrected chi connectivity index (χ4v) is 2.75. The molecule has 1 aromatic carbocycles. The lowest BCUT2D eigenvalue weighted by atomic mass is 10.2. The van der Waals surface area contributed by atoms with Crippen molar-refractivity contribution in [1.29, 1.82) is 0 Å². The predicted octanol–water partition coefficient (Wildman–Crippen LogP) is 0.00650. The Hall–Kier alpha value is -1.15. The van der Waals surface area contributed by atoms with E-state index in [1.54, 1.807) is 12.1 Å². The molecule has 1 aliphatic heterocycles. The summed E-state index contributed by atoms with van der Waals surface area (Å²) in [6, 6.07) is 6.72. The van der Waals surface area contributed by atoms with Gasteiger partial charge in [-0.15, -0.1) is 0 Å². The molecule has 0 radical (unpaired) electrons. The minimum Gasteiger partial charge on any atom is -0.492 e. The lowest BCUT2D eigenvalue weighted by Gasteiger charge is -2.23. The number of hydrogen-bond donors (Lipinski definition) is 2. The second kappa shape index (κ2) is 6.53. The average molecular weight is 299 g/mol. The summed E-state index contributed by atoms with van der Waals surface area (Å²) in [6.45, 7) is 3.51. The summed E-state index contributed by atoms with van der Waals surface area (Å²) >= 11 is 0. The topological polar surface area (TPSA) is 84.7 Å². The predicted molar refractivity (Wildman–Crippen MR) is 77.2 cm³/mol. The largest absolute Gasteiger partial charge is 0.492 e. The maximum Gasteiger partial charge on any atom is 0.238 e. The van der Waals surface area contributed by atoms with Crippen LogP contribution in [-0.4, -0.2) is 52.6 Å². The van der Waals surface area contributed by atoms with E-state index in [1.807, 2.05) is 0 Å². The zero-order valence-electron chi connectivity index (χ0n) is 11.6. The molecule has 3 N–H and O–H groups in total. The van der Waals surface area contributed by atoms with Crippen molar-refractivity contribution in [3.63, 3.8) is 0 Å². The molecule has 7 heteroatoms. The number of nitrogens with zero attached hydrogens (tertiary/aromatic N) is 1. The third-order valence-corrected chi connectivity index (χ3v) is 4.45. The first-order valence-corrected chi connectivity index (χ1v) is 8.18. The van der Waals surface area contributed by atoms with Crippen LogP contribution in [0.3, 0.4) is 0 Å². The van der Waals surface area contributed by atoms with Crippen LogP contribution in [0.1, 0.15) is 6.42 Å². The van der Waals surface area contributed by atoms with Gasteiger partial charge in [0.2, 0.25) is 10.0 Å². The first-order valence-electron chi connectivity index (χ1n) is 6.63. The minimum absolute atomic E-state index is 0.0963. The Bertz CT molecular complexity index is 524. The molecule has 1 fully saturated rings. The average Bonchev–Trinajstić information content (AvgIpc) is 2.92. The number of hydrogen-bond acceptors (Lipinski definition) is 5. The van der Waals surface area contributed by atoms with Gasteiger partial charge in [-0.25, -0.2) is 13.6 Å². The van der Waals surface area contributed by atoms with Gasteiger partial charge in [0.1, 0.15) is 12.4 Å². The Labute approximate surface area is 120 Å². The summed E-state index contributed by atoms with van der Waals surface area (Å²) in [4.78, 5) is 2.37. The Morgan fingerprint density at radius 1 is 1.40 bits per heavy atom. The van der Waals surface area contributed by atoms with Gasteiger partial charge in [-0.2, -0.15) is 0 Å². The summed E-state index contributed by atoms with van der Waals surface area (Å²) in [6.07, 6.45) is 1.17. The minimum atomic E-state index is -3.64. The molecular weight excluding hydrogens is 278 g/mol. The third kappa shape index (κ3) is 4.17. The van der Waals surface area contributed by atoms with E-state index >= 15 is 0 Å². The molecule has 0 saturated carbocycles. The van der Waals surface area contributed by atoms with Crippen LogP contribution in [0, 0.1) is 0 Å². The van der Waals surface area contributed by atoms with Crippen molar-refractivity contribution < 1.29 is 13.2 Å². The number of nitrogens with one attached hydrogen (secondary N) is 1. The highest BCUT2D eigenvalue weighted by Crippen LogP contribution is 2.15. The van der Waals surface area contributed by atoms with E-state index in [4.69, 9.17) is 9.88 Å². The van der Waals surface area contributed by atoms with Crippen molar-refractivity contribution >= 4 is 10.0 Å². The molecule has 1 aromatic rings. The first kappa shape index (κ1) is 15.2. The molecule has 20 heavy (non-hydrogen) atoms. The number of benzene rings is 1. The quantitative estimate of drug-likeness (QED) is 0.773. The van der Waals surface area contributed by atoms with E-state index in [2.05, 4.69) is 17.3 Å². The van der Waals surface area contributed by atoms with Gasteiger partial charge in [0.15, 0.2) is 0 Å². The molecule has 2 rings (SSSR count).